The normalized spacial score (nSPS) is 21.0. The number of terminal acetylenes is 1. The van der Waals surface area contributed by atoms with Gasteiger partial charge < -0.3 is 4.74 Å². The van der Waals surface area contributed by atoms with E-state index in [1.165, 1.54) is 0 Å². The number of allylic oxidation sites excluding steroid dienone is 4. The van der Waals surface area contributed by atoms with Crippen LogP contribution in [0, 0.1) is 35.5 Å². The Kier molecular flexibility index (Phi) is 8.94. The van der Waals surface area contributed by atoms with Crippen LogP contribution in [0.3, 0.4) is 0 Å². The average Bonchev–Trinajstić information content (AvgIpc) is 2.67. The van der Waals surface area contributed by atoms with Crippen molar-refractivity contribution in [1.29, 1.82) is 5.26 Å². The van der Waals surface area contributed by atoms with Crippen molar-refractivity contribution in [2.24, 2.45) is 21.8 Å². The number of aliphatic imine (C=N–C) groups is 2. The molecule has 0 saturated carbocycles. The van der Waals surface area contributed by atoms with E-state index in [-0.39, 0.29) is 11.8 Å². The van der Waals surface area contributed by atoms with Crippen molar-refractivity contribution in [3.8, 4) is 18.4 Å². The number of rotatable bonds is 6. The predicted molar refractivity (Wildman–Crippen MR) is 100.0 cm³/mol. The number of hydrogen-bond donors (Lipinski definition) is 0. The molecular formula is C20H25N3O. The molecule has 0 N–H and O–H groups in total. The summed E-state index contributed by atoms with van der Waals surface area (Å²) in [6, 6.07) is 2.30. The lowest BCUT2D eigenvalue weighted by atomic mass is 9.91. The van der Waals surface area contributed by atoms with Crippen molar-refractivity contribution in [2.75, 3.05) is 19.7 Å². The largest absolute Gasteiger partial charge is 0.494 e. The van der Waals surface area contributed by atoms with Crippen molar-refractivity contribution in [3.05, 3.63) is 35.1 Å². The molecule has 0 saturated heterocycles. The van der Waals surface area contributed by atoms with Gasteiger partial charge >= 0.3 is 0 Å². The van der Waals surface area contributed by atoms with Gasteiger partial charge in [0.2, 0.25) is 0 Å². The van der Waals surface area contributed by atoms with Gasteiger partial charge in [-0.2, -0.15) is 5.26 Å². The van der Waals surface area contributed by atoms with Crippen LogP contribution in [-0.4, -0.2) is 32.1 Å². The molecule has 24 heavy (non-hydrogen) atoms. The van der Waals surface area contributed by atoms with Gasteiger partial charge in [-0.3, -0.25) is 9.98 Å². The third-order valence-corrected chi connectivity index (χ3v) is 3.53. The third kappa shape index (κ3) is 6.26. The lowest BCUT2D eigenvalue weighted by Gasteiger charge is -2.14. The Bertz CT molecular complexity index is 639. The van der Waals surface area contributed by atoms with E-state index >= 15 is 0 Å². The second-order valence-electron chi connectivity index (χ2n) is 5.36. The number of nitrogens with zero attached hydrogens (tertiary/aromatic N) is 3. The monoisotopic (exact) mass is 323 g/mol. The fraction of sp³-hybridized carbons (Fsp3) is 0.450. The zero-order valence-corrected chi connectivity index (χ0v) is 14.7. The second kappa shape index (κ2) is 11.0. The quantitative estimate of drug-likeness (QED) is 0.425. The van der Waals surface area contributed by atoms with Gasteiger partial charge in [0.05, 0.1) is 25.1 Å². The zero-order chi connectivity index (χ0) is 17.8. The molecule has 1 heterocycles. The van der Waals surface area contributed by atoms with Crippen LogP contribution in [0.2, 0.25) is 0 Å². The van der Waals surface area contributed by atoms with Crippen molar-refractivity contribution < 1.29 is 4.74 Å². The molecule has 2 atom stereocenters. The first-order valence-electron chi connectivity index (χ1n) is 8.26. The first-order valence-corrected chi connectivity index (χ1v) is 8.26. The van der Waals surface area contributed by atoms with Crippen LogP contribution in [0.15, 0.2) is 45.1 Å². The molecule has 0 aliphatic carbocycles. The van der Waals surface area contributed by atoms with Gasteiger partial charge in [0.15, 0.2) is 0 Å². The first-order chi connectivity index (χ1) is 11.7. The van der Waals surface area contributed by atoms with E-state index in [9.17, 15) is 5.26 Å². The van der Waals surface area contributed by atoms with Gasteiger partial charge in [0, 0.05) is 36.9 Å². The Labute approximate surface area is 145 Å². The smallest absolute Gasteiger partial charge is 0.115 e. The Balaban J connectivity index is 3.19. The standard InChI is InChI=1S/C20H25N3O/c1-5-17(14-22-6-2)12-18(13-21)20-15-23-10-8-9-19(24-7-3)11-16(20)4/h1,8-9,11,14-17H,6-7,10,12H2,2-4H3/b9-8?,19-11?,20-18+,22-14?,23-15?. The lowest BCUT2D eigenvalue weighted by molar-refractivity contribution is 0.240. The molecule has 1 aliphatic rings. The van der Waals surface area contributed by atoms with E-state index in [4.69, 9.17) is 11.2 Å². The van der Waals surface area contributed by atoms with Crippen LogP contribution in [0.5, 0.6) is 0 Å². The molecular weight excluding hydrogens is 298 g/mol. The molecule has 0 aromatic rings. The fourth-order valence-electron chi connectivity index (χ4n) is 2.34. The highest BCUT2D eigenvalue weighted by molar-refractivity contribution is 5.82. The van der Waals surface area contributed by atoms with Crippen LogP contribution in [0.4, 0.5) is 0 Å². The van der Waals surface area contributed by atoms with Crippen molar-refractivity contribution >= 4 is 12.4 Å². The molecule has 2 unspecified atom stereocenters. The minimum absolute atomic E-state index is 0.00855. The fourth-order valence-corrected chi connectivity index (χ4v) is 2.34. The third-order valence-electron chi connectivity index (χ3n) is 3.53. The summed E-state index contributed by atoms with van der Waals surface area (Å²) in [5, 5.41) is 9.62. The highest BCUT2D eigenvalue weighted by Gasteiger charge is 2.15. The molecule has 4 heteroatoms. The van der Waals surface area contributed by atoms with E-state index in [2.05, 4.69) is 22.0 Å². The maximum Gasteiger partial charge on any atom is 0.115 e. The van der Waals surface area contributed by atoms with Crippen LogP contribution in [0.25, 0.3) is 0 Å². The molecule has 126 valence electrons. The van der Waals surface area contributed by atoms with Gasteiger partial charge in [0.1, 0.15) is 5.76 Å². The Morgan fingerprint density at radius 2 is 2.38 bits per heavy atom. The van der Waals surface area contributed by atoms with Crippen molar-refractivity contribution in [1.82, 2.24) is 0 Å². The van der Waals surface area contributed by atoms with Gasteiger partial charge in [-0.25, -0.2) is 0 Å². The van der Waals surface area contributed by atoms with Crippen molar-refractivity contribution in [3.63, 3.8) is 0 Å². The highest BCUT2D eigenvalue weighted by Crippen LogP contribution is 2.22. The van der Waals surface area contributed by atoms with Crippen molar-refractivity contribution in [2.45, 2.75) is 27.2 Å². The van der Waals surface area contributed by atoms with E-state index in [0.29, 0.717) is 31.7 Å². The molecule has 0 amide bonds. The lowest BCUT2D eigenvalue weighted by Crippen LogP contribution is -2.08. The molecule has 0 radical (unpaired) electrons. The summed E-state index contributed by atoms with van der Waals surface area (Å²) >= 11 is 0. The summed E-state index contributed by atoms with van der Waals surface area (Å²) in [5.41, 5.74) is 1.52. The topological polar surface area (TPSA) is 57.7 Å². The van der Waals surface area contributed by atoms with Crippen LogP contribution in [0.1, 0.15) is 27.2 Å². The minimum atomic E-state index is -0.186. The molecule has 4 nitrogen and oxygen atoms in total. The number of hydrogen-bond acceptors (Lipinski definition) is 4. The molecule has 1 rings (SSSR count). The molecule has 0 fully saturated rings. The minimum Gasteiger partial charge on any atom is -0.494 e. The number of nitriles is 1. The maximum atomic E-state index is 9.62. The van der Waals surface area contributed by atoms with E-state index < -0.39 is 0 Å². The van der Waals surface area contributed by atoms with Gasteiger partial charge in [-0.1, -0.05) is 18.9 Å². The van der Waals surface area contributed by atoms with Gasteiger partial charge in [-0.15, -0.1) is 6.42 Å². The summed E-state index contributed by atoms with van der Waals surface area (Å²) in [6.07, 6.45) is 15.4. The summed E-state index contributed by atoms with van der Waals surface area (Å²) in [5.74, 6) is 3.31. The zero-order valence-electron chi connectivity index (χ0n) is 14.7. The van der Waals surface area contributed by atoms with E-state index in [0.717, 1.165) is 11.3 Å². The molecule has 0 aromatic carbocycles. The Morgan fingerprint density at radius 3 is 3.00 bits per heavy atom. The summed E-state index contributed by atoms with van der Waals surface area (Å²) < 4.78 is 5.62. The maximum absolute atomic E-state index is 9.62. The highest BCUT2D eigenvalue weighted by atomic mass is 16.5. The predicted octanol–water partition coefficient (Wildman–Crippen LogP) is 3.73. The molecule has 1 aliphatic heterocycles. The molecule has 0 bridgehead atoms. The van der Waals surface area contributed by atoms with Crippen LogP contribution in [-0.2, 0) is 4.74 Å². The van der Waals surface area contributed by atoms with Crippen LogP contribution < -0.4 is 0 Å². The van der Waals surface area contributed by atoms with E-state index in [1.807, 2.05) is 39.0 Å². The molecule has 0 aromatic heterocycles. The second-order valence-corrected chi connectivity index (χ2v) is 5.36. The van der Waals surface area contributed by atoms with Gasteiger partial charge in [-0.05, 0) is 31.6 Å². The van der Waals surface area contributed by atoms with E-state index in [1.54, 1.807) is 12.4 Å². The first kappa shape index (κ1) is 19.5. The summed E-state index contributed by atoms with van der Waals surface area (Å²) in [7, 11) is 0. The Morgan fingerprint density at radius 1 is 1.58 bits per heavy atom. The van der Waals surface area contributed by atoms with Crippen LogP contribution >= 0.6 is 0 Å². The summed E-state index contributed by atoms with van der Waals surface area (Å²) in [4.78, 5) is 8.59. The SMILES string of the molecule is C#CC(C=NCC)C/C(C#N)=C1/C=NCC=CC(OCC)=CC1C. The summed E-state index contributed by atoms with van der Waals surface area (Å²) in [6.45, 7) is 7.76. The van der Waals surface area contributed by atoms with Gasteiger partial charge in [0.25, 0.3) is 0 Å². The number of ether oxygens (including phenoxy) is 1. The Hall–Kier alpha value is -2.59. The molecule has 0 spiro atoms. The average molecular weight is 323 g/mol.